The Bertz CT molecular complexity index is 527. The molecule has 6 heteroatoms. The topological polar surface area (TPSA) is 69.6 Å². The van der Waals surface area contributed by atoms with Crippen LogP contribution in [0.2, 0.25) is 0 Å². The molecular formula is C14H24N2O3S. The maximum absolute atomic E-state index is 12.5. The van der Waals surface area contributed by atoms with Crippen molar-refractivity contribution in [1.82, 2.24) is 9.62 Å². The third-order valence-electron chi connectivity index (χ3n) is 3.58. The minimum atomic E-state index is -3.58. The van der Waals surface area contributed by atoms with E-state index in [4.69, 9.17) is 5.11 Å². The Balaban J connectivity index is 3.17. The zero-order valence-corrected chi connectivity index (χ0v) is 13.3. The Morgan fingerprint density at radius 1 is 1.40 bits per heavy atom. The van der Waals surface area contributed by atoms with E-state index in [1.165, 1.54) is 11.4 Å². The summed E-state index contributed by atoms with van der Waals surface area (Å²) < 4.78 is 26.2. The molecule has 0 fully saturated rings. The van der Waals surface area contributed by atoms with Gasteiger partial charge in [-0.05, 0) is 38.1 Å². The third kappa shape index (κ3) is 3.58. The van der Waals surface area contributed by atoms with E-state index >= 15 is 0 Å². The van der Waals surface area contributed by atoms with Crippen LogP contribution in [-0.4, -0.2) is 44.6 Å². The minimum absolute atomic E-state index is 0.130. The summed E-state index contributed by atoms with van der Waals surface area (Å²) in [6.45, 7) is 3.51. The lowest BCUT2D eigenvalue weighted by atomic mass is 10.1. The van der Waals surface area contributed by atoms with Crippen molar-refractivity contribution >= 4 is 10.0 Å². The van der Waals surface area contributed by atoms with Crippen LogP contribution in [0.3, 0.4) is 0 Å². The number of nitrogens with zero attached hydrogens (tertiary/aromatic N) is 1. The molecule has 114 valence electrons. The maximum atomic E-state index is 12.5. The fourth-order valence-electron chi connectivity index (χ4n) is 2.02. The molecule has 1 aromatic rings. The van der Waals surface area contributed by atoms with Crippen molar-refractivity contribution in [2.24, 2.45) is 0 Å². The predicted octanol–water partition coefficient (Wildman–Crippen LogP) is 1.36. The maximum Gasteiger partial charge on any atom is 0.243 e. The van der Waals surface area contributed by atoms with Gasteiger partial charge in [0.25, 0.3) is 0 Å². The number of hydrogen-bond donors (Lipinski definition) is 2. The van der Waals surface area contributed by atoms with Crippen molar-refractivity contribution in [1.29, 1.82) is 0 Å². The molecule has 1 aromatic carbocycles. The number of likely N-dealkylation sites (N-methyl/N-ethyl adjacent to an activating group) is 1. The van der Waals surface area contributed by atoms with Crippen LogP contribution in [0.25, 0.3) is 0 Å². The summed E-state index contributed by atoms with van der Waals surface area (Å²) in [6, 6.07) is 6.63. The van der Waals surface area contributed by atoms with Gasteiger partial charge >= 0.3 is 0 Å². The Kier molecular flexibility index (Phi) is 6.13. The molecule has 0 spiro atoms. The summed E-state index contributed by atoms with van der Waals surface area (Å²) in [5, 5.41) is 12.3. The van der Waals surface area contributed by atoms with Crippen LogP contribution in [0.4, 0.5) is 0 Å². The second-order valence-electron chi connectivity index (χ2n) is 4.87. The molecule has 2 N–H and O–H groups in total. The molecule has 5 nitrogen and oxygen atoms in total. The van der Waals surface area contributed by atoms with Crippen molar-refractivity contribution in [3.05, 3.63) is 29.8 Å². The first-order valence-corrected chi connectivity index (χ1v) is 8.18. The van der Waals surface area contributed by atoms with E-state index in [0.717, 1.165) is 12.0 Å². The monoisotopic (exact) mass is 300 g/mol. The largest absolute Gasteiger partial charge is 0.395 e. The highest BCUT2D eigenvalue weighted by Gasteiger charge is 2.25. The number of aliphatic hydroxyl groups is 1. The van der Waals surface area contributed by atoms with Crippen molar-refractivity contribution in [2.45, 2.75) is 37.2 Å². The number of rotatable bonds is 7. The quantitative estimate of drug-likeness (QED) is 0.798. The molecule has 0 aliphatic heterocycles. The second-order valence-corrected chi connectivity index (χ2v) is 6.87. The molecule has 0 saturated carbocycles. The molecule has 2 atom stereocenters. The van der Waals surface area contributed by atoms with E-state index in [0.29, 0.717) is 0 Å². The molecule has 1 rings (SSSR count). The van der Waals surface area contributed by atoms with E-state index in [-0.39, 0.29) is 17.5 Å². The standard InChI is InChI=1S/C14H24N2O3S/c1-5-14(15-3)12-7-6-8-13(9-12)20(18,19)16(4)11(2)10-17/h6-9,11,14-15,17H,5,10H2,1-4H3. The van der Waals surface area contributed by atoms with Crippen LogP contribution in [0, 0.1) is 0 Å². The smallest absolute Gasteiger partial charge is 0.243 e. The van der Waals surface area contributed by atoms with Gasteiger partial charge in [-0.3, -0.25) is 0 Å². The fraction of sp³-hybridized carbons (Fsp3) is 0.571. The second kappa shape index (κ2) is 7.17. The van der Waals surface area contributed by atoms with Crippen LogP contribution in [0.1, 0.15) is 31.9 Å². The molecule has 0 saturated heterocycles. The molecule has 0 aromatic heterocycles. The van der Waals surface area contributed by atoms with E-state index in [1.807, 2.05) is 20.0 Å². The lowest BCUT2D eigenvalue weighted by Crippen LogP contribution is -2.37. The van der Waals surface area contributed by atoms with Crippen LogP contribution in [0.5, 0.6) is 0 Å². The van der Waals surface area contributed by atoms with Crippen LogP contribution in [-0.2, 0) is 10.0 Å². The Hall–Kier alpha value is -0.950. The third-order valence-corrected chi connectivity index (χ3v) is 5.55. The van der Waals surface area contributed by atoms with Crippen molar-refractivity contribution < 1.29 is 13.5 Å². The van der Waals surface area contributed by atoms with Crippen LogP contribution >= 0.6 is 0 Å². The molecule has 0 radical (unpaired) electrons. The van der Waals surface area contributed by atoms with Crippen molar-refractivity contribution in [3.63, 3.8) is 0 Å². The van der Waals surface area contributed by atoms with Gasteiger partial charge in [-0.1, -0.05) is 19.1 Å². The average molecular weight is 300 g/mol. The zero-order chi connectivity index (χ0) is 15.3. The fourth-order valence-corrected chi connectivity index (χ4v) is 3.42. The molecule has 20 heavy (non-hydrogen) atoms. The number of benzene rings is 1. The number of hydrogen-bond acceptors (Lipinski definition) is 4. The molecule has 0 aliphatic carbocycles. The summed E-state index contributed by atoms with van der Waals surface area (Å²) in [4.78, 5) is 0.256. The summed E-state index contributed by atoms with van der Waals surface area (Å²) in [7, 11) is -0.236. The number of aliphatic hydroxyl groups excluding tert-OH is 1. The highest BCUT2D eigenvalue weighted by atomic mass is 32.2. The average Bonchev–Trinajstić information content (AvgIpc) is 2.47. The Labute approximate surface area is 121 Å². The highest BCUT2D eigenvalue weighted by Crippen LogP contribution is 2.22. The summed E-state index contributed by atoms with van der Waals surface area (Å²) in [5.74, 6) is 0. The van der Waals surface area contributed by atoms with Gasteiger partial charge in [0, 0.05) is 19.1 Å². The first-order valence-electron chi connectivity index (χ1n) is 6.74. The van der Waals surface area contributed by atoms with Gasteiger partial charge in [-0.2, -0.15) is 4.31 Å². The van der Waals surface area contributed by atoms with E-state index in [2.05, 4.69) is 5.32 Å². The SMILES string of the molecule is CCC(NC)c1cccc(S(=O)(=O)N(C)C(C)CO)c1. The number of nitrogens with one attached hydrogen (secondary N) is 1. The van der Waals surface area contributed by atoms with Crippen molar-refractivity contribution in [2.75, 3.05) is 20.7 Å². The molecule has 2 unspecified atom stereocenters. The van der Waals surface area contributed by atoms with E-state index in [1.54, 1.807) is 25.1 Å². The summed E-state index contributed by atoms with van der Waals surface area (Å²) >= 11 is 0. The van der Waals surface area contributed by atoms with Gasteiger partial charge in [0.1, 0.15) is 0 Å². The summed E-state index contributed by atoms with van der Waals surface area (Å²) in [5.41, 5.74) is 0.945. The molecule has 0 heterocycles. The van der Waals surface area contributed by atoms with Gasteiger partial charge in [-0.25, -0.2) is 8.42 Å². The lowest BCUT2D eigenvalue weighted by Gasteiger charge is -2.23. The molecular weight excluding hydrogens is 276 g/mol. The van der Waals surface area contributed by atoms with Gasteiger partial charge in [0.05, 0.1) is 11.5 Å². The normalized spacial score (nSPS) is 15.3. The van der Waals surface area contributed by atoms with Gasteiger partial charge in [-0.15, -0.1) is 0 Å². The van der Waals surface area contributed by atoms with Gasteiger partial charge in [0.2, 0.25) is 10.0 Å². The van der Waals surface area contributed by atoms with Crippen LogP contribution in [0.15, 0.2) is 29.2 Å². The summed E-state index contributed by atoms with van der Waals surface area (Å²) in [6.07, 6.45) is 0.878. The molecule has 0 bridgehead atoms. The number of sulfonamides is 1. The first-order chi connectivity index (χ1) is 9.38. The Morgan fingerprint density at radius 2 is 2.05 bits per heavy atom. The van der Waals surface area contributed by atoms with Crippen molar-refractivity contribution in [3.8, 4) is 0 Å². The lowest BCUT2D eigenvalue weighted by molar-refractivity contribution is 0.214. The first kappa shape index (κ1) is 17.1. The molecule has 0 amide bonds. The van der Waals surface area contributed by atoms with Gasteiger partial charge in [0.15, 0.2) is 0 Å². The van der Waals surface area contributed by atoms with E-state index in [9.17, 15) is 8.42 Å². The molecule has 0 aliphatic rings. The van der Waals surface area contributed by atoms with Crippen LogP contribution < -0.4 is 5.32 Å². The van der Waals surface area contributed by atoms with E-state index < -0.39 is 16.1 Å². The Morgan fingerprint density at radius 3 is 2.55 bits per heavy atom. The predicted molar refractivity (Wildman–Crippen MR) is 80.0 cm³/mol. The zero-order valence-electron chi connectivity index (χ0n) is 12.5. The highest BCUT2D eigenvalue weighted by molar-refractivity contribution is 7.89. The minimum Gasteiger partial charge on any atom is -0.395 e. The van der Waals surface area contributed by atoms with Gasteiger partial charge < -0.3 is 10.4 Å².